The number of rotatable bonds is 4. The summed E-state index contributed by atoms with van der Waals surface area (Å²) in [5.74, 6) is -0.154. The van der Waals surface area contributed by atoms with Crippen molar-refractivity contribution in [1.82, 2.24) is 5.32 Å². The lowest BCUT2D eigenvalue weighted by Crippen LogP contribution is -2.53. The maximum Gasteiger partial charge on any atom is 0.253 e. The van der Waals surface area contributed by atoms with Crippen LogP contribution in [0.2, 0.25) is 0 Å². The van der Waals surface area contributed by atoms with Crippen LogP contribution in [0.1, 0.15) is 48.4 Å². The highest BCUT2D eigenvalue weighted by Crippen LogP contribution is 2.41. The average molecular weight is 396 g/mol. The number of benzene rings is 3. The molecule has 2 amide bonds. The van der Waals surface area contributed by atoms with E-state index in [2.05, 4.69) is 31.3 Å². The number of nitrogens with one attached hydrogen (secondary N) is 1. The maximum absolute atomic E-state index is 13.3. The van der Waals surface area contributed by atoms with Crippen molar-refractivity contribution in [2.75, 3.05) is 0 Å². The Morgan fingerprint density at radius 1 is 0.800 bits per heavy atom. The van der Waals surface area contributed by atoms with Crippen molar-refractivity contribution in [3.63, 3.8) is 0 Å². The third-order valence-corrected chi connectivity index (χ3v) is 5.84. The van der Waals surface area contributed by atoms with Gasteiger partial charge in [-0.15, -0.1) is 0 Å². The van der Waals surface area contributed by atoms with Crippen LogP contribution in [-0.2, 0) is 15.0 Å². The van der Waals surface area contributed by atoms with Crippen LogP contribution in [0.5, 0.6) is 0 Å². The fourth-order valence-electron chi connectivity index (χ4n) is 4.11. The Balaban J connectivity index is 1.81. The Morgan fingerprint density at radius 2 is 1.33 bits per heavy atom. The second-order valence-electron chi connectivity index (χ2n) is 8.09. The summed E-state index contributed by atoms with van der Waals surface area (Å²) < 4.78 is 0. The molecule has 3 heteroatoms. The van der Waals surface area contributed by atoms with Crippen molar-refractivity contribution >= 4 is 17.9 Å². The Morgan fingerprint density at radius 3 is 1.83 bits per heavy atom. The molecule has 1 saturated heterocycles. The molecule has 0 aliphatic carbocycles. The summed E-state index contributed by atoms with van der Waals surface area (Å²) in [6, 6.07) is 27.6. The zero-order chi connectivity index (χ0) is 21.1. The normalized spacial score (nSPS) is 17.2. The van der Waals surface area contributed by atoms with Gasteiger partial charge in [0.2, 0.25) is 5.91 Å². The molecule has 1 aliphatic rings. The number of piperidine rings is 1. The summed E-state index contributed by atoms with van der Waals surface area (Å²) in [5.41, 5.74) is 3.61. The van der Waals surface area contributed by atoms with E-state index in [0.717, 1.165) is 16.7 Å². The summed E-state index contributed by atoms with van der Waals surface area (Å²) in [6.45, 7) is 4.31. The number of hydrogen-bond donors (Lipinski definition) is 1. The van der Waals surface area contributed by atoms with Crippen molar-refractivity contribution in [2.24, 2.45) is 0 Å². The van der Waals surface area contributed by atoms with Crippen LogP contribution in [0.4, 0.5) is 0 Å². The maximum atomic E-state index is 13.3. The minimum atomic E-state index is -0.944. The zero-order valence-corrected chi connectivity index (χ0v) is 17.3. The van der Waals surface area contributed by atoms with Crippen LogP contribution < -0.4 is 5.32 Å². The summed E-state index contributed by atoms with van der Waals surface area (Å²) in [4.78, 5) is 26.0. The van der Waals surface area contributed by atoms with Crippen molar-refractivity contribution in [2.45, 2.75) is 31.6 Å². The number of hydrogen-bond acceptors (Lipinski definition) is 2. The molecule has 0 radical (unpaired) electrons. The molecule has 3 aromatic rings. The van der Waals surface area contributed by atoms with Gasteiger partial charge in [0.05, 0.1) is 0 Å². The van der Waals surface area contributed by atoms with Crippen LogP contribution in [0.15, 0.2) is 90.5 Å². The van der Waals surface area contributed by atoms with Crippen LogP contribution in [0.25, 0.3) is 6.08 Å². The first kappa shape index (κ1) is 19.8. The first-order valence-corrected chi connectivity index (χ1v) is 10.3. The highest BCUT2D eigenvalue weighted by Gasteiger charge is 2.47. The predicted octanol–water partition coefficient (Wildman–Crippen LogP) is 5.23. The number of carbonyl (C=O) groups is 2. The van der Waals surface area contributed by atoms with Crippen LogP contribution in [-0.4, -0.2) is 11.8 Å². The Hall–Kier alpha value is -3.46. The molecule has 0 bridgehead atoms. The molecule has 3 aromatic carbocycles. The molecule has 0 atom stereocenters. The smallest absolute Gasteiger partial charge is 0.253 e. The minimum Gasteiger partial charge on any atom is -0.292 e. The Kier molecular flexibility index (Phi) is 5.37. The van der Waals surface area contributed by atoms with E-state index in [1.54, 1.807) is 0 Å². The second kappa shape index (κ2) is 8.11. The van der Waals surface area contributed by atoms with E-state index < -0.39 is 5.41 Å². The molecular formula is C27H25NO2. The fraction of sp³-hybridized carbons (Fsp3) is 0.185. The second-order valence-corrected chi connectivity index (χ2v) is 8.09. The van der Waals surface area contributed by atoms with Crippen LogP contribution in [0, 0.1) is 0 Å². The van der Waals surface area contributed by atoms with Crippen LogP contribution in [0.3, 0.4) is 0 Å². The largest absolute Gasteiger partial charge is 0.292 e. The van der Waals surface area contributed by atoms with Gasteiger partial charge in [-0.05, 0) is 34.2 Å². The molecule has 1 heterocycles. The topological polar surface area (TPSA) is 46.2 Å². The molecule has 3 nitrogen and oxygen atoms in total. The van der Waals surface area contributed by atoms with Gasteiger partial charge >= 0.3 is 0 Å². The molecule has 0 spiro atoms. The monoisotopic (exact) mass is 395 g/mol. The summed E-state index contributed by atoms with van der Waals surface area (Å²) in [7, 11) is 0. The molecular weight excluding hydrogens is 370 g/mol. The van der Waals surface area contributed by atoms with Crippen molar-refractivity contribution < 1.29 is 9.59 Å². The van der Waals surface area contributed by atoms with E-state index in [9.17, 15) is 9.59 Å². The summed E-state index contributed by atoms with van der Waals surface area (Å²) >= 11 is 0. The lowest BCUT2D eigenvalue weighted by atomic mass is 9.67. The van der Waals surface area contributed by atoms with Gasteiger partial charge in [0.1, 0.15) is 5.41 Å². The van der Waals surface area contributed by atoms with Gasteiger partial charge in [-0.1, -0.05) is 98.8 Å². The van der Waals surface area contributed by atoms with E-state index in [4.69, 9.17) is 0 Å². The average Bonchev–Trinajstić information content (AvgIpc) is 2.77. The Labute approximate surface area is 177 Å². The fourth-order valence-corrected chi connectivity index (χ4v) is 4.11. The zero-order valence-electron chi connectivity index (χ0n) is 17.3. The van der Waals surface area contributed by atoms with E-state index in [0.29, 0.717) is 17.9 Å². The molecule has 30 heavy (non-hydrogen) atoms. The van der Waals surface area contributed by atoms with Gasteiger partial charge in [-0.3, -0.25) is 14.9 Å². The van der Waals surface area contributed by atoms with Gasteiger partial charge in [0.15, 0.2) is 0 Å². The molecule has 1 N–H and O–H groups in total. The van der Waals surface area contributed by atoms with Crippen LogP contribution >= 0.6 is 0 Å². The molecule has 1 aliphatic heterocycles. The SMILES string of the molecule is CC(C)c1ccc(/C=C2\CC(c3ccccc3)(c3ccccc3)C(=O)NC2=O)cc1. The predicted molar refractivity (Wildman–Crippen MR) is 120 cm³/mol. The quantitative estimate of drug-likeness (QED) is 0.486. The van der Waals surface area contributed by atoms with Crippen molar-refractivity contribution in [3.8, 4) is 0 Å². The Bertz CT molecular complexity index is 1040. The first-order valence-electron chi connectivity index (χ1n) is 10.3. The van der Waals surface area contributed by atoms with E-state index in [1.165, 1.54) is 5.56 Å². The molecule has 0 aromatic heterocycles. The van der Waals surface area contributed by atoms with Crippen molar-refractivity contribution in [1.29, 1.82) is 0 Å². The minimum absolute atomic E-state index is 0.280. The number of carbonyl (C=O) groups excluding carboxylic acids is 2. The standard InChI is InChI=1S/C27H25NO2/c1-19(2)21-15-13-20(14-16-21)17-22-18-27(26(30)28-25(22)29,23-9-5-3-6-10-23)24-11-7-4-8-12-24/h3-17,19H,18H2,1-2H3,(H,28,29,30)/b22-17+. The van der Waals surface area contributed by atoms with Gasteiger partial charge in [-0.25, -0.2) is 0 Å². The molecule has 0 unspecified atom stereocenters. The van der Waals surface area contributed by atoms with E-state index >= 15 is 0 Å². The summed E-state index contributed by atoms with van der Waals surface area (Å²) in [5, 5.41) is 2.62. The number of imide groups is 1. The first-order chi connectivity index (χ1) is 14.5. The molecule has 4 rings (SSSR count). The van der Waals surface area contributed by atoms with Gasteiger partial charge in [0.25, 0.3) is 5.91 Å². The molecule has 150 valence electrons. The highest BCUT2D eigenvalue weighted by molar-refractivity contribution is 6.14. The third kappa shape index (κ3) is 3.59. The molecule has 1 fully saturated rings. The number of amides is 2. The van der Waals surface area contributed by atoms with E-state index in [1.807, 2.05) is 78.9 Å². The van der Waals surface area contributed by atoms with Crippen molar-refractivity contribution in [3.05, 3.63) is 113 Å². The third-order valence-electron chi connectivity index (χ3n) is 5.84. The summed E-state index contributed by atoms with van der Waals surface area (Å²) in [6.07, 6.45) is 2.21. The van der Waals surface area contributed by atoms with Gasteiger partial charge in [-0.2, -0.15) is 0 Å². The lowest BCUT2D eigenvalue weighted by Gasteiger charge is -2.37. The molecule has 0 saturated carbocycles. The lowest BCUT2D eigenvalue weighted by molar-refractivity contribution is -0.133. The highest BCUT2D eigenvalue weighted by atomic mass is 16.2. The van der Waals surface area contributed by atoms with Gasteiger partial charge in [0, 0.05) is 12.0 Å². The van der Waals surface area contributed by atoms with E-state index in [-0.39, 0.29) is 11.8 Å². The van der Waals surface area contributed by atoms with Gasteiger partial charge < -0.3 is 0 Å².